The number of hydrogen-bond donors (Lipinski definition) is 1. The lowest BCUT2D eigenvalue weighted by molar-refractivity contribution is 0.312. The second kappa shape index (κ2) is 4.80. The summed E-state index contributed by atoms with van der Waals surface area (Å²) in [6.07, 6.45) is 1.89. The average Bonchev–Trinajstić information content (AvgIpc) is 2.30. The van der Waals surface area contributed by atoms with Gasteiger partial charge in [-0.05, 0) is 25.6 Å². The number of likely N-dealkylation sites (N-methyl/N-ethyl adjacent to an activating group) is 1. The molecular formula is C12H20N4. The van der Waals surface area contributed by atoms with Crippen LogP contribution in [0, 0.1) is 0 Å². The van der Waals surface area contributed by atoms with Crippen molar-refractivity contribution in [2.75, 3.05) is 38.1 Å². The van der Waals surface area contributed by atoms with Crippen molar-refractivity contribution < 1.29 is 0 Å². The van der Waals surface area contributed by atoms with Crippen molar-refractivity contribution >= 4 is 5.82 Å². The highest BCUT2D eigenvalue weighted by molar-refractivity contribution is 5.40. The van der Waals surface area contributed by atoms with E-state index in [0.717, 1.165) is 37.6 Å². The smallest absolute Gasteiger partial charge is 0.128 e. The highest BCUT2D eigenvalue weighted by Crippen LogP contribution is 2.15. The van der Waals surface area contributed by atoms with Crippen LogP contribution in [0.25, 0.3) is 0 Å². The van der Waals surface area contributed by atoms with Crippen LogP contribution in [-0.2, 0) is 0 Å². The van der Waals surface area contributed by atoms with Crippen LogP contribution in [0.15, 0.2) is 18.3 Å². The van der Waals surface area contributed by atoms with Crippen LogP contribution in [0.1, 0.15) is 18.5 Å². The number of hydrogen-bond acceptors (Lipinski definition) is 4. The number of anilines is 1. The molecule has 1 aliphatic rings. The van der Waals surface area contributed by atoms with Gasteiger partial charge in [-0.3, -0.25) is 0 Å². The van der Waals surface area contributed by atoms with E-state index in [2.05, 4.69) is 34.0 Å². The summed E-state index contributed by atoms with van der Waals surface area (Å²) in [4.78, 5) is 9.14. The van der Waals surface area contributed by atoms with E-state index >= 15 is 0 Å². The fraction of sp³-hybridized carbons (Fsp3) is 0.583. The molecule has 1 aromatic rings. The molecule has 0 unspecified atom stereocenters. The zero-order chi connectivity index (χ0) is 11.5. The molecule has 0 spiro atoms. The SMILES string of the molecule is C[C@H](N)c1ccc(N2CCN(C)CC2)nc1. The number of rotatable bonds is 2. The molecule has 0 radical (unpaired) electrons. The van der Waals surface area contributed by atoms with E-state index in [1.807, 2.05) is 13.1 Å². The van der Waals surface area contributed by atoms with Crippen LogP contribution in [-0.4, -0.2) is 43.1 Å². The summed E-state index contributed by atoms with van der Waals surface area (Å²) in [7, 11) is 2.16. The molecule has 4 nitrogen and oxygen atoms in total. The van der Waals surface area contributed by atoms with Crippen molar-refractivity contribution in [3.05, 3.63) is 23.9 Å². The molecule has 1 saturated heterocycles. The highest BCUT2D eigenvalue weighted by Gasteiger charge is 2.15. The van der Waals surface area contributed by atoms with Gasteiger partial charge in [0.15, 0.2) is 0 Å². The molecule has 1 atom stereocenters. The maximum Gasteiger partial charge on any atom is 0.128 e. The van der Waals surface area contributed by atoms with Gasteiger partial charge in [0.25, 0.3) is 0 Å². The molecule has 4 heteroatoms. The number of nitrogens with two attached hydrogens (primary N) is 1. The number of nitrogens with zero attached hydrogens (tertiary/aromatic N) is 3. The van der Waals surface area contributed by atoms with Crippen molar-refractivity contribution in [1.82, 2.24) is 9.88 Å². The summed E-state index contributed by atoms with van der Waals surface area (Å²) in [6.45, 7) is 6.31. The van der Waals surface area contributed by atoms with Gasteiger partial charge in [0.1, 0.15) is 5.82 Å². The van der Waals surface area contributed by atoms with Crippen LogP contribution >= 0.6 is 0 Å². The Kier molecular flexibility index (Phi) is 3.41. The van der Waals surface area contributed by atoms with Gasteiger partial charge in [0.2, 0.25) is 0 Å². The second-order valence-corrected chi connectivity index (χ2v) is 4.53. The predicted octanol–water partition coefficient (Wildman–Crippen LogP) is 0.853. The maximum absolute atomic E-state index is 5.80. The Morgan fingerprint density at radius 3 is 2.44 bits per heavy atom. The molecule has 16 heavy (non-hydrogen) atoms. The molecular weight excluding hydrogens is 200 g/mol. The molecule has 1 aliphatic heterocycles. The highest BCUT2D eigenvalue weighted by atomic mass is 15.3. The summed E-state index contributed by atoms with van der Waals surface area (Å²) in [5.74, 6) is 1.07. The minimum atomic E-state index is 0.0639. The summed E-state index contributed by atoms with van der Waals surface area (Å²) < 4.78 is 0. The van der Waals surface area contributed by atoms with Crippen molar-refractivity contribution in [2.24, 2.45) is 5.73 Å². The summed E-state index contributed by atoms with van der Waals surface area (Å²) >= 11 is 0. The van der Waals surface area contributed by atoms with E-state index in [-0.39, 0.29) is 6.04 Å². The molecule has 0 amide bonds. The first-order chi connectivity index (χ1) is 7.66. The summed E-state index contributed by atoms with van der Waals surface area (Å²) in [5, 5.41) is 0. The van der Waals surface area contributed by atoms with Gasteiger partial charge in [-0.15, -0.1) is 0 Å². The lowest BCUT2D eigenvalue weighted by Crippen LogP contribution is -2.44. The molecule has 2 rings (SSSR count). The first kappa shape index (κ1) is 11.4. The van der Waals surface area contributed by atoms with Crippen LogP contribution in [0.3, 0.4) is 0 Å². The third-order valence-corrected chi connectivity index (χ3v) is 3.12. The van der Waals surface area contributed by atoms with Crippen LogP contribution < -0.4 is 10.6 Å². The van der Waals surface area contributed by atoms with E-state index in [0.29, 0.717) is 0 Å². The number of aromatic nitrogens is 1. The molecule has 2 heterocycles. The summed E-state index contributed by atoms with van der Waals surface area (Å²) in [5.41, 5.74) is 6.90. The molecule has 0 saturated carbocycles. The van der Waals surface area contributed by atoms with E-state index in [1.165, 1.54) is 0 Å². The van der Waals surface area contributed by atoms with Gasteiger partial charge in [-0.1, -0.05) is 6.07 Å². The molecule has 0 bridgehead atoms. The van der Waals surface area contributed by atoms with Gasteiger partial charge >= 0.3 is 0 Å². The van der Waals surface area contributed by atoms with Crippen molar-refractivity contribution in [2.45, 2.75) is 13.0 Å². The first-order valence-corrected chi connectivity index (χ1v) is 5.82. The van der Waals surface area contributed by atoms with E-state index < -0.39 is 0 Å². The lowest BCUT2D eigenvalue weighted by atomic mass is 10.1. The number of pyridine rings is 1. The van der Waals surface area contributed by atoms with E-state index in [4.69, 9.17) is 5.73 Å². The molecule has 0 aromatic carbocycles. The zero-order valence-electron chi connectivity index (χ0n) is 10.1. The quantitative estimate of drug-likeness (QED) is 0.802. The Labute approximate surface area is 97.1 Å². The Balaban J connectivity index is 2.04. The van der Waals surface area contributed by atoms with Gasteiger partial charge in [-0.25, -0.2) is 4.98 Å². The first-order valence-electron chi connectivity index (χ1n) is 5.82. The molecule has 2 N–H and O–H groups in total. The van der Waals surface area contributed by atoms with E-state index in [9.17, 15) is 0 Å². The zero-order valence-corrected chi connectivity index (χ0v) is 10.1. The molecule has 0 aliphatic carbocycles. The lowest BCUT2D eigenvalue weighted by Gasteiger charge is -2.33. The van der Waals surface area contributed by atoms with Crippen LogP contribution in [0.2, 0.25) is 0 Å². The Hall–Kier alpha value is -1.13. The fourth-order valence-corrected chi connectivity index (χ4v) is 1.89. The Morgan fingerprint density at radius 1 is 1.25 bits per heavy atom. The fourth-order valence-electron chi connectivity index (χ4n) is 1.89. The van der Waals surface area contributed by atoms with Gasteiger partial charge in [0.05, 0.1) is 0 Å². The van der Waals surface area contributed by atoms with Crippen LogP contribution in [0.4, 0.5) is 5.82 Å². The molecule has 1 aromatic heterocycles. The standard InChI is InChI=1S/C12H20N4/c1-10(13)11-3-4-12(14-9-11)16-7-5-15(2)6-8-16/h3-4,9-10H,5-8,13H2,1-2H3/t10-/m0/s1. The van der Waals surface area contributed by atoms with Crippen molar-refractivity contribution in [3.8, 4) is 0 Å². The second-order valence-electron chi connectivity index (χ2n) is 4.53. The van der Waals surface area contributed by atoms with Crippen molar-refractivity contribution in [1.29, 1.82) is 0 Å². The molecule has 88 valence electrons. The predicted molar refractivity (Wildman–Crippen MR) is 66.5 cm³/mol. The third kappa shape index (κ3) is 2.51. The monoisotopic (exact) mass is 220 g/mol. The third-order valence-electron chi connectivity index (χ3n) is 3.12. The van der Waals surface area contributed by atoms with Gasteiger partial charge in [-0.2, -0.15) is 0 Å². The number of piperazine rings is 1. The minimum Gasteiger partial charge on any atom is -0.354 e. The Bertz CT molecular complexity index is 325. The van der Waals surface area contributed by atoms with Gasteiger partial charge in [0, 0.05) is 38.4 Å². The normalized spacial score (nSPS) is 19.8. The minimum absolute atomic E-state index is 0.0639. The average molecular weight is 220 g/mol. The van der Waals surface area contributed by atoms with Gasteiger partial charge < -0.3 is 15.5 Å². The molecule has 1 fully saturated rings. The topological polar surface area (TPSA) is 45.4 Å². The van der Waals surface area contributed by atoms with E-state index in [1.54, 1.807) is 0 Å². The Morgan fingerprint density at radius 2 is 1.94 bits per heavy atom. The maximum atomic E-state index is 5.80. The largest absolute Gasteiger partial charge is 0.354 e. The van der Waals surface area contributed by atoms with Crippen molar-refractivity contribution in [3.63, 3.8) is 0 Å². The van der Waals surface area contributed by atoms with Crippen LogP contribution in [0.5, 0.6) is 0 Å². The summed E-state index contributed by atoms with van der Waals surface area (Å²) in [6, 6.07) is 4.21.